The summed E-state index contributed by atoms with van der Waals surface area (Å²) in [6.07, 6.45) is 6.27. The highest BCUT2D eigenvalue weighted by atomic mass is 35.5. The molecule has 1 rings (SSSR count). The molecule has 3 nitrogen and oxygen atoms in total. The topological polar surface area (TPSA) is 24.5 Å². The first-order chi connectivity index (χ1) is 11.6. The molecule has 0 saturated carbocycles. The van der Waals surface area contributed by atoms with Crippen LogP contribution in [0.2, 0.25) is 10.0 Å². The highest BCUT2D eigenvalue weighted by Gasteiger charge is 2.08. The Morgan fingerprint density at radius 1 is 0.958 bits per heavy atom. The summed E-state index contributed by atoms with van der Waals surface area (Å²) >= 11 is 12.3. The maximum atomic E-state index is 6.17. The molecular weight excluding hydrogens is 343 g/mol. The third-order valence-corrected chi connectivity index (χ3v) is 4.64. The zero-order valence-corrected chi connectivity index (χ0v) is 16.8. The monoisotopic (exact) mass is 374 g/mol. The van der Waals surface area contributed by atoms with Gasteiger partial charge in [-0.3, -0.25) is 0 Å². The summed E-state index contributed by atoms with van der Waals surface area (Å²) in [6, 6.07) is 3.82. The van der Waals surface area contributed by atoms with Crippen LogP contribution in [0.5, 0.6) is 5.75 Å². The minimum atomic E-state index is 0.546. The van der Waals surface area contributed by atoms with Crippen molar-refractivity contribution in [3.05, 3.63) is 27.7 Å². The van der Waals surface area contributed by atoms with Gasteiger partial charge in [-0.25, -0.2) is 0 Å². The van der Waals surface area contributed by atoms with Crippen molar-refractivity contribution in [1.82, 2.24) is 10.2 Å². The molecule has 0 spiro atoms. The van der Waals surface area contributed by atoms with Crippen LogP contribution in [0.15, 0.2) is 12.1 Å². The third-order valence-electron chi connectivity index (χ3n) is 4.08. The zero-order chi connectivity index (χ0) is 17.8. The van der Waals surface area contributed by atoms with Gasteiger partial charge < -0.3 is 15.0 Å². The summed E-state index contributed by atoms with van der Waals surface area (Å²) in [7, 11) is 1.58. The van der Waals surface area contributed by atoms with Crippen LogP contribution in [-0.4, -0.2) is 38.2 Å². The molecule has 0 heterocycles. The second kappa shape index (κ2) is 12.8. The Labute approximate surface area is 157 Å². The van der Waals surface area contributed by atoms with Crippen LogP contribution < -0.4 is 10.1 Å². The number of hydrogen-bond acceptors (Lipinski definition) is 3. The molecule has 0 aromatic heterocycles. The van der Waals surface area contributed by atoms with Gasteiger partial charge in [0, 0.05) is 6.54 Å². The Balaban J connectivity index is 2.31. The molecular formula is C19H32Cl2N2O. The van der Waals surface area contributed by atoms with Gasteiger partial charge in [0.2, 0.25) is 0 Å². The standard InChI is InChI=1S/C19H32Cl2N2O/c1-4-6-10-23(11-7-5-2)12-8-9-22-15-16-13-17(20)19(24-3)18(21)14-16/h13-14,22H,4-12,15H2,1-3H3. The number of ether oxygens (including phenoxy) is 1. The van der Waals surface area contributed by atoms with E-state index in [9.17, 15) is 0 Å². The molecule has 0 aliphatic rings. The first-order valence-electron chi connectivity index (χ1n) is 9.07. The number of nitrogens with one attached hydrogen (secondary N) is 1. The summed E-state index contributed by atoms with van der Waals surface area (Å²) in [5.41, 5.74) is 1.08. The van der Waals surface area contributed by atoms with Crippen molar-refractivity contribution in [3.8, 4) is 5.75 Å². The SMILES string of the molecule is CCCCN(CCCC)CCCNCc1cc(Cl)c(OC)c(Cl)c1. The lowest BCUT2D eigenvalue weighted by molar-refractivity contribution is 0.261. The van der Waals surface area contributed by atoms with Crippen LogP contribution in [0, 0.1) is 0 Å². The summed E-state index contributed by atoms with van der Waals surface area (Å²) < 4.78 is 5.17. The minimum absolute atomic E-state index is 0.546. The molecule has 0 aliphatic carbocycles. The van der Waals surface area contributed by atoms with Gasteiger partial charge in [0.1, 0.15) is 0 Å². The van der Waals surface area contributed by atoms with Gasteiger partial charge in [-0.05, 0) is 63.1 Å². The van der Waals surface area contributed by atoms with E-state index >= 15 is 0 Å². The van der Waals surface area contributed by atoms with E-state index in [0.717, 1.165) is 31.6 Å². The molecule has 1 N–H and O–H groups in total. The fourth-order valence-corrected chi connectivity index (χ4v) is 3.36. The summed E-state index contributed by atoms with van der Waals surface area (Å²) in [4.78, 5) is 2.59. The van der Waals surface area contributed by atoms with Gasteiger partial charge in [0.15, 0.2) is 5.75 Å². The molecule has 0 unspecified atom stereocenters. The normalized spacial score (nSPS) is 11.2. The number of hydrogen-bond donors (Lipinski definition) is 1. The first kappa shape index (κ1) is 21.6. The third kappa shape index (κ3) is 8.06. The van der Waals surface area contributed by atoms with Gasteiger partial charge in [-0.1, -0.05) is 49.9 Å². The minimum Gasteiger partial charge on any atom is -0.494 e. The second-order valence-corrected chi connectivity index (χ2v) is 6.99. The molecule has 24 heavy (non-hydrogen) atoms. The van der Waals surface area contributed by atoms with Crippen molar-refractivity contribution in [1.29, 1.82) is 0 Å². The largest absolute Gasteiger partial charge is 0.494 e. The Hall–Kier alpha value is -0.480. The molecule has 5 heteroatoms. The number of nitrogens with zero attached hydrogens (tertiary/aromatic N) is 1. The molecule has 0 saturated heterocycles. The summed E-state index contributed by atoms with van der Waals surface area (Å²) in [5.74, 6) is 0.546. The fourth-order valence-electron chi connectivity index (χ4n) is 2.67. The lowest BCUT2D eigenvalue weighted by Crippen LogP contribution is -2.29. The van der Waals surface area contributed by atoms with Gasteiger partial charge in [0.25, 0.3) is 0 Å². The second-order valence-electron chi connectivity index (χ2n) is 6.17. The maximum Gasteiger partial charge on any atom is 0.156 e. The van der Waals surface area contributed by atoms with Gasteiger partial charge in [0.05, 0.1) is 17.2 Å². The molecule has 138 valence electrons. The number of halogens is 2. The van der Waals surface area contributed by atoms with E-state index in [0.29, 0.717) is 15.8 Å². The van der Waals surface area contributed by atoms with Crippen molar-refractivity contribution in [2.24, 2.45) is 0 Å². The van der Waals surface area contributed by atoms with Crippen LogP contribution in [-0.2, 0) is 6.54 Å². The lowest BCUT2D eigenvalue weighted by atomic mass is 10.2. The average Bonchev–Trinajstić information content (AvgIpc) is 2.56. The highest BCUT2D eigenvalue weighted by Crippen LogP contribution is 2.33. The van der Waals surface area contributed by atoms with Crippen molar-refractivity contribution in [2.75, 3.05) is 33.3 Å². The number of unbranched alkanes of at least 4 members (excludes halogenated alkanes) is 2. The molecule has 0 radical (unpaired) electrons. The number of rotatable bonds is 13. The van der Waals surface area contributed by atoms with Crippen molar-refractivity contribution < 1.29 is 4.74 Å². The zero-order valence-electron chi connectivity index (χ0n) is 15.3. The Kier molecular flexibility index (Phi) is 11.5. The van der Waals surface area contributed by atoms with Crippen LogP contribution in [0.1, 0.15) is 51.5 Å². The predicted octanol–water partition coefficient (Wildman–Crippen LogP) is 5.38. The molecule has 1 aromatic carbocycles. The van der Waals surface area contributed by atoms with Crippen LogP contribution in [0.25, 0.3) is 0 Å². The molecule has 1 aromatic rings. The van der Waals surface area contributed by atoms with E-state index in [-0.39, 0.29) is 0 Å². The summed E-state index contributed by atoms with van der Waals surface area (Å²) in [6.45, 7) is 9.89. The predicted molar refractivity (Wildman–Crippen MR) is 106 cm³/mol. The van der Waals surface area contributed by atoms with Crippen LogP contribution in [0.3, 0.4) is 0 Å². The quantitative estimate of drug-likeness (QED) is 0.468. The van der Waals surface area contributed by atoms with Gasteiger partial charge >= 0.3 is 0 Å². The Morgan fingerprint density at radius 2 is 1.50 bits per heavy atom. The maximum absolute atomic E-state index is 6.17. The molecule has 0 aliphatic heterocycles. The van der Waals surface area contributed by atoms with E-state index in [1.165, 1.54) is 38.8 Å². The number of benzene rings is 1. The van der Waals surface area contributed by atoms with Crippen molar-refractivity contribution in [3.63, 3.8) is 0 Å². The number of methoxy groups -OCH3 is 1. The van der Waals surface area contributed by atoms with E-state index < -0.39 is 0 Å². The van der Waals surface area contributed by atoms with E-state index in [1.807, 2.05) is 12.1 Å². The van der Waals surface area contributed by atoms with Gasteiger partial charge in [-0.15, -0.1) is 0 Å². The smallest absolute Gasteiger partial charge is 0.156 e. The van der Waals surface area contributed by atoms with E-state index in [4.69, 9.17) is 27.9 Å². The van der Waals surface area contributed by atoms with Crippen LogP contribution in [0.4, 0.5) is 0 Å². The van der Waals surface area contributed by atoms with Crippen LogP contribution >= 0.6 is 23.2 Å². The van der Waals surface area contributed by atoms with Crippen molar-refractivity contribution in [2.45, 2.75) is 52.5 Å². The van der Waals surface area contributed by atoms with Crippen molar-refractivity contribution >= 4 is 23.2 Å². The highest BCUT2D eigenvalue weighted by molar-refractivity contribution is 6.37. The molecule has 0 fully saturated rings. The Morgan fingerprint density at radius 3 is 2.00 bits per heavy atom. The molecule has 0 amide bonds. The van der Waals surface area contributed by atoms with Gasteiger partial charge in [-0.2, -0.15) is 0 Å². The first-order valence-corrected chi connectivity index (χ1v) is 9.82. The summed E-state index contributed by atoms with van der Waals surface area (Å²) in [5, 5.41) is 4.60. The fraction of sp³-hybridized carbons (Fsp3) is 0.684. The molecule has 0 atom stereocenters. The lowest BCUT2D eigenvalue weighted by Gasteiger charge is -2.22. The van der Waals surface area contributed by atoms with E-state index in [2.05, 4.69) is 24.1 Å². The Bertz CT molecular complexity index is 438. The average molecular weight is 375 g/mol. The van der Waals surface area contributed by atoms with E-state index in [1.54, 1.807) is 7.11 Å². The molecule has 0 bridgehead atoms.